The van der Waals surface area contributed by atoms with Crippen molar-refractivity contribution in [2.75, 3.05) is 6.54 Å². The van der Waals surface area contributed by atoms with Crippen molar-refractivity contribution < 1.29 is 0 Å². The first-order chi connectivity index (χ1) is 10.1. The third-order valence-electron chi connectivity index (χ3n) is 3.96. The highest BCUT2D eigenvalue weighted by Gasteiger charge is 2.25. The van der Waals surface area contributed by atoms with E-state index in [-0.39, 0.29) is 0 Å². The summed E-state index contributed by atoms with van der Waals surface area (Å²) in [6.07, 6.45) is 3.66. The maximum absolute atomic E-state index is 6.13. The van der Waals surface area contributed by atoms with Crippen molar-refractivity contribution in [2.45, 2.75) is 52.2 Å². The molecule has 1 saturated heterocycles. The topological polar surface area (TPSA) is 59.7 Å². The Balaban J connectivity index is 1.72. The number of nitrogens with zero attached hydrogens (tertiary/aromatic N) is 6. The predicted molar refractivity (Wildman–Crippen MR) is 82.5 cm³/mol. The zero-order chi connectivity index (χ0) is 14.8. The van der Waals surface area contributed by atoms with Crippen LogP contribution < -0.4 is 0 Å². The van der Waals surface area contributed by atoms with E-state index < -0.39 is 0 Å². The van der Waals surface area contributed by atoms with Crippen LogP contribution in [0.25, 0.3) is 0 Å². The number of aromatic nitrogens is 5. The molecular formula is C13H19ClN6S. The van der Waals surface area contributed by atoms with Crippen LogP contribution >= 0.6 is 23.1 Å². The van der Waals surface area contributed by atoms with E-state index in [1.54, 1.807) is 0 Å². The number of rotatable bonds is 4. The molecule has 0 saturated carbocycles. The highest BCUT2D eigenvalue weighted by Crippen LogP contribution is 2.24. The zero-order valence-electron chi connectivity index (χ0n) is 12.3. The van der Waals surface area contributed by atoms with Crippen molar-refractivity contribution in [3.8, 4) is 0 Å². The lowest BCUT2D eigenvalue weighted by Crippen LogP contribution is -2.42. The first-order valence-electron chi connectivity index (χ1n) is 7.22. The van der Waals surface area contributed by atoms with E-state index in [1.807, 2.05) is 18.5 Å². The quantitative estimate of drug-likeness (QED) is 0.863. The lowest BCUT2D eigenvalue weighted by molar-refractivity contribution is 0.119. The maximum Gasteiger partial charge on any atom is 0.147 e. The van der Waals surface area contributed by atoms with Crippen LogP contribution in [-0.4, -0.2) is 41.8 Å². The summed E-state index contributed by atoms with van der Waals surface area (Å²) < 4.78 is 6.63. The average molecular weight is 327 g/mol. The number of piperidine rings is 1. The molecule has 2 aromatic heterocycles. The van der Waals surface area contributed by atoms with Gasteiger partial charge in [-0.15, -0.1) is 5.10 Å². The van der Waals surface area contributed by atoms with E-state index in [0.717, 1.165) is 37.0 Å². The molecule has 3 rings (SSSR count). The molecule has 8 heteroatoms. The Bertz CT molecular complexity index is 610. The average Bonchev–Trinajstić information content (AvgIpc) is 2.99. The van der Waals surface area contributed by atoms with Gasteiger partial charge in [0, 0.05) is 24.1 Å². The lowest BCUT2D eigenvalue weighted by Gasteiger charge is -2.35. The fourth-order valence-electron chi connectivity index (χ4n) is 2.89. The van der Waals surface area contributed by atoms with Crippen LogP contribution in [0.15, 0.2) is 0 Å². The molecule has 0 aliphatic carbocycles. The molecule has 0 spiro atoms. The summed E-state index contributed by atoms with van der Waals surface area (Å²) in [5.41, 5.74) is 0.889. The van der Waals surface area contributed by atoms with E-state index in [2.05, 4.69) is 24.6 Å². The predicted octanol–water partition coefficient (Wildman–Crippen LogP) is 2.45. The summed E-state index contributed by atoms with van der Waals surface area (Å²) in [6, 6.07) is 0.455. The second-order valence-corrected chi connectivity index (χ2v) is 6.86. The van der Waals surface area contributed by atoms with Crippen molar-refractivity contribution >= 4 is 23.1 Å². The van der Waals surface area contributed by atoms with Crippen LogP contribution in [-0.2, 0) is 13.1 Å². The van der Waals surface area contributed by atoms with Gasteiger partial charge in [-0.1, -0.05) is 22.5 Å². The van der Waals surface area contributed by atoms with E-state index in [1.165, 1.54) is 30.8 Å². The van der Waals surface area contributed by atoms with Crippen molar-refractivity contribution in [3.05, 3.63) is 21.7 Å². The highest BCUT2D eigenvalue weighted by molar-refractivity contribution is 7.10. The van der Waals surface area contributed by atoms with Crippen LogP contribution in [0.2, 0.25) is 4.34 Å². The Morgan fingerprint density at radius 2 is 2.19 bits per heavy atom. The van der Waals surface area contributed by atoms with Gasteiger partial charge in [0.1, 0.15) is 21.7 Å². The molecule has 1 aliphatic rings. The van der Waals surface area contributed by atoms with Gasteiger partial charge in [0.05, 0.1) is 6.54 Å². The van der Waals surface area contributed by atoms with Gasteiger partial charge < -0.3 is 0 Å². The molecule has 1 fully saturated rings. The molecule has 0 N–H and O–H groups in total. The Labute approximate surface area is 133 Å². The molecule has 0 amide bonds. The highest BCUT2D eigenvalue weighted by atomic mass is 35.5. The summed E-state index contributed by atoms with van der Waals surface area (Å²) in [5, 5.41) is 8.61. The molecule has 0 aromatic carbocycles. The number of likely N-dealkylation sites (tertiary alicyclic amines) is 1. The summed E-state index contributed by atoms with van der Waals surface area (Å²) in [7, 11) is 0. The first-order valence-corrected chi connectivity index (χ1v) is 8.37. The molecule has 0 bridgehead atoms. The normalized spacial score (nSPS) is 20.0. The maximum atomic E-state index is 6.13. The second-order valence-electron chi connectivity index (χ2n) is 5.50. The molecule has 2 aromatic rings. The standard InChI is InChI=1S/C13H19ClN6S/c1-9-15-10(2)20(17-9)7-11-5-3-4-6-19(11)8-12-13(14)21-18-16-12/h11H,3-8H2,1-2H3/t11-/m1/s1. The van der Waals surface area contributed by atoms with Crippen molar-refractivity contribution in [1.29, 1.82) is 0 Å². The van der Waals surface area contributed by atoms with Gasteiger partial charge in [0.15, 0.2) is 0 Å². The molecule has 1 aliphatic heterocycles. The van der Waals surface area contributed by atoms with Gasteiger partial charge in [0.25, 0.3) is 0 Å². The van der Waals surface area contributed by atoms with Gasteiger partial charge in [-0.2, -0.15) is 5.10 Å². The largest absolute Gasteiger partial charge is 0.293 e. The van der Waals surface area contributed by atoms with E-state index >= 15 is 0 Å². The molecule has 3 heterocycles. The summed E-state index contributed by atoms with van der Waals surface area (Å²) in [4.78, 5) is 6.83. The number of aryl methyl sites for hydroxylation is 2. The van der Waals surface area contributed by atoms with E-state index in [9.17, 15) is 0 Å². The van der Waals surface area contributed by atoms with Gasteiger partial charge >= 0.3 is 0 Å². The molecule has 0 unspecified atom stereocenters. The van der Waals surface area contributed by atoms with Crippen LogP contribution in [0.1, 0.15) is 36.6 Å². The Morgan fingerprint density at radius 3 is 2.86 bits per heavy atom. The number of halogens is 1. The third-order valence-corrected chi connectivity index (χ3v) is 4.94. The molecule has 0 radical (unpaired) electrons. The SMILES string of the molecule is Cc1nc(C)n(C[C@H]2CCCCN2Cc2nnsc2Cl)n1. The Morgan fingerprint density at radius 1 is 1.33 bits per heavy atom. The van der Waals surface area contributed by atoms with Crippen molar-refractivity contribution in [2.24, 2.45) is 0 Å². The van der Waals surface area contributed by atoms with E-state index in [0.29, 0.717) is 10.4 Å². The third kappa shape index (κ3) is 3.41. The van der Waals surface area contributed by atoms with Crippen LogP contribution in [0.5, 0.6) is 0 Å². The second kappa shape index (κ2) is 6.37. The van der Waals surface area contributed by atoms with Crippen LogP contribution in [0.3, 0.4) is 0 Å². The van der Waals surface area contributed by atoms with Gasteiger partial charge in [-0.25, -0.2) is 9.67 Å². The summed E-state index contributed by atoms with van der Waals surface area (Å²) >= 11 is 7.39. The summed E-state index contributed by atoms with van der Waals surface area (Å²) in [6.45, 7) is 6.66. The minimum atomic E-state index is 0.455. The molecule has 6 nitrogen and oxygen atoms in total. The monoisotopic (exact) mass is 326 g/mol. The lowest BCUT2D eigenvalue weighted by atomic mass is 10.0. The fourth-order valence-corrected chi connectivity index (χ4v) is 3.50. The Kier molecular flexibility index (Phi) is 4.51. The molecule has 21 heavy (non-hydrogen) atoms. The van der Waals surface area contributed by atoms with Gasteiger partial charge in [-0.3, -0.25) is 4.90 Å². The zero-order valence-corrected chi connectivity index (χ0v) is 13.9. The minimum Gasteiger partial charge on any atom is -0.293 e. The summed E-state index contributed by atoms with van der Waals surface area (Å²) in [5.74, 6) is 1.81. The van der Waals surface area contributed by atoms with Crippen LogP contribution in [0, 0.1) is 13.8 Å². The first kappa shape index (κ1) is 14.9. The Hall–Kier alpha value is -1.05. The molecule has 1 atom stereocenters. The number of hydrogen-bond donors (Lipinski definition) is 0. The van der Waals surface area contributed by atoms with Crippen LogP contribution in [0.4, 0.5) is 0 Å². The van der Waals surface area contributed by atoms with Crippen molar-refractivity contribution in [3.63, 3.8) is 0 Å². The molecular weight excluding hydrogens is 308 g/mol. The fraction of sp³-hybridized carbons (Fsp3) is 0.692. The van der Waals surface area contributed by atoms with E-state index in [4.69, 9.17) is 11.6 Å². The number of hydrogen-bond acceptors (Lipinski definition) is 6. The van der Waals surface area contributed by atoms with Gasteiger partial charge in [-0.05, 0) is 33.2 Å². The van der Waals surface area contributed by atoms with Crippen molar-refractivity contribution in [1.82, 2.24) is 29.3 Å². The minimum absolute atomic E-state index is 0.455. The smallest absolute Gasteiger partial charge is 0.147 e. The van der Waals surface area contributed by atoms with Gasteiger partial charge in [0.2, 0.25) is 0 Å². The molecule has 114 valence electrons.